The molecule has 1 fully saturated rings. The van der Waals surface area contributed by atoms with Gasteiger partial charge in [-0.1, -0.05) is 61.9 Å². The SMILES string of the molecule is CC1(C)[C@H](C=C(Cl)C(F)(F)F)[C@H]1C(=O)OCc1cccc(Oc2ccccc2)c1. The van der Waals surface area contributed by atoms with E-state index in [0.717, 1.165) is 6.08 Å². The Labute approximate surface area is 172 Å². The van der Waals surface area contributed by atoms with Crippen molar-refractivity contribution in [3.63, 3.8) is 0 Å². The molecule has 0 N–H and O–H groups in total. The highest BCUT2D eigenvalue weighted by Crippen LogP contribution is 2.60. The minimum Gasteiger partial charge on any atom is -0.461 e. The van der Waals surface area contributed by atoms with Crippen LogP contribution < -0.4 is 4.74 Å². The van der Waals surface area contributed by atoms with Crippen LogP contribution in [-0.2, 0) is 16.1 Å². The summed E-state index contributed by atoms with van der Waals surface area (Å²) < 4.78 is 49.0. The molecule has 0 heterocycles. The van der Waals surface area contributed by atoms with Crippen molar-refractivity contribution in [3.05, 3.63) is 71.3 Å². The van der Waals surface area contributed by atoms with Gasteiger partial charge in [-0.25, -0.2) is 0 Å². The van der Waals surface area contributed by atoms with E-state index in [1.807, 2.05) is 30.3 Å². The van der Waals surface area contributed by atoms with Crippen LogP contribution in [0.3, 0.4) is 0 Å². The predicted octanol–water partition coefficient (Wildman–Crippen LogP) is 6.48. The van der Waals surface area contributed by atoms with Gasteiger partial charge in [-0.3, -0.25) is 4.79 Å². The van der Waals surface area contributed by atoms with Gasteiger partial charge in [0.15, 0.2) is 0 Å². The Kier molecular flexibility index (Phi) is 5.94. The summed E-state index contributed by atoms with van der Waals surface area (Å²) in [5.41, 5.74) is 0.0754. The zero-order chi connectivity index (χ0) is 21.2. The number of hydrogen-bond acceptors (Lipinski definition) is 3. The van der Waals surface area contributed by atoms with E-state index in [0.29, 0.717) is 17.1 Å². The molecule has 2 aromatic carbocycles. The molecule has 2 aromatic rings. The van der Waals surface area contributed by atoms with E-state index in [-0.39, 0.29) is 6.61 Å². The molecule has 0 aromatic heterocycles. The molecule has 1 aliphatic carbocycles. The third-order valence-electron chi connectivity index (χ3n) is 5.02. The van der Waals surface area contributed by atoms with E-state index >= 15 is 0 Å². The predicted molar refractivity (Wildman–Crippen MR) is 104 cm³/mol. The smallest absolute Gasteiger partial charge is 0.426 e. The largest absolute Gasteiger partial charge is 0.461 e. The van der Waals surface area contributed by atoms with Crippen molar-refractivity contribution in [2.24, 2.45) is 17.3 Å². The third-order valence-corrected chi connectivity index (χ3v) is 5.36. The number of para-hydroxylation sites is 1. The van der Waals surface area contributed by atoms with Crippen LogP contribution in [0.2, 0.25) is 0 Å². The Morgan fingerprint density at radius 2 is 1.76 bits per heavy atom. The molecule has 0 aliphatic heterocycles. The number of rotatable bonds is 6. The third kappa shape index (κ3) is 5.12. The monoisotopic (exact) mass is 424 g/mol. The van der Waals surface area contributed by atoms with Gasteiger partial charge < -0.3 is 9.47 Å². The lowest BCUT2D eigenvalue weighted by Gasteiger charge is -2.09. The fourth-order valence-electron chi connectivity index (χ4n) is 3.26. The maximum Gasteiger partial charge on any atom is 0.426 e. The molecule has 7 heteroatoms. The quantitative estimate of drug-likeness (QED) is 0.498. The number of ether oxygens (including phenoxy) is 2. The second kappa shape index (κ2) is 8.11. The van der Waals surface area contributed by atoms with Crippen LogP contribution in [0.1, 0.15) is 19.4 Å². The van der Waals surface area contributed by atoms with E-state index in [4.69, 9.17) is 21.1 Å². The second-order valence-electron chi connectivity index (χ2n) is 7.51. The summed E-state index contributed by atoms with van der Waals surface area (Å²) in [6.45, 7) is 3.44. The van der Waals surface area contributed by atoms with E-state index in [1.54, 1.807) is 38.1 Å². The highest BCUT2D eigenvalue weighted by atomic mass is 35.5. The fraction of sp³-hybridized carbons (Fsp3) is 0.318. The molecule has 0 bridgehead atoms. The zero-order valence-electron chi connectivity index (χ0n) is 15.9. The number of halogens is 4. The average Bonchev–Trinajstić information content (AvgIpc) is 3.20. The first kappa shape index (κ1) is 21.2. The van der Waals surface area contributed by atoms with E-state index < -0.39 is 34.4 Å². The molecule has 0 spiro atoms. The lowest BCUT2D eigenvalue weighted by atomic mass is 10.1. The zero-order valence-corrected chi connectivity index (χ0v) is 16.6. The minimum absolute atomic E-state index is 0.000834. The minimum atomic E-state index is -4.62. The molecule has 3 nitrogen and oxygen atoms in total. The van der Waals surface area contributed by atoms with Crippen molar-refractivity contribution in [1.82, 2.24) is 0 Å². The van der Waals surface area contributed by atoms with E-state index in [1.165, 1.54) is 0 Å². The van der Waals surface area contributed by atoms with Gasteiger partial charge in [-0.05, 0) is 41.2 Å². The summed E-state index contributed by atoms with van der Waals surface area (Å²) in [5, 5.41) is -1.21. The highest BCUT2D eigenvalue weighted by molar-refractivity contribution is 6.30. The van der Waals surface area contributed by atoms with Crippen LogP contribution in [-0.4, -0.2) is 12.1 Å². The van der Waals surface area contributed by atoms with Crippen LogP contribution in [0.25, 0.3) is 0 Å². The normalized spacial score (nSPS) is 20.8. The van der Waals surface area contributed by atoms with Crippen molar-refractivity contribution < 1.29 is 27.4 Å². The van der Waals surface area contributed by atoms with Gasteiger partial charge in [0.05, 0.1) is 5.92 Å². The first-order chi connectivity index (χ1) is 13.6. The molecule has 0 unspecified atom stereocenters. The number of hydrogen-bond donors (Lipinski definition) is 0. The van der Waals surface area contributed by atoms with Gasteiger partial charge in [-0.15, -0.1) is 0 Å². The molecule has 3 rings (SSSR count). The molecular formula is C22H20ClF3O3. The van der Waals surface area contributed by atoms with Crippen LogP contribution >= 0.6 is 11.6 Å². The Hall–Kier alpha value is -2.47. The van der Waals surface area contributed by atoms with Gasteiger partial charge in [-0.2, -0.15) is 13.2 Å². The van der Waals surface area contributed by atoms with Crippen LogP contribution in [0, 0.1) is 17.3 Å². The molecule has 0 radical (unpaired) electrons. The first-order valence-electron chi connectivity index (χ1n) is 9.02. The van der Waals surface area contributed by atoms with Crippen molar-refractivity contribution in [2.45, 2.75) is 26.6 Å². The number of carbonyl (C=O) groups is 1. The Bertz CT molecular complexity index is 907. The standard InChI is InChI=1S/C22H20ClF3O3/c1-21(2)17(12-18(23)22(24,25)26)19(21)20(27)28-13-14-7-6-10-16(11-14)29-15-8-4-3-5-9-15/h3-12,17,19H,13H2,1-2H3/t17-,19+/m1/s1. The van der Waals surface area contributed by atoms with Gasteiger partial charge in [0, 0.05) is 0 Å². The van der Waals surface area contributed by atoms with Gasteiger partial charge in [0.25, 0.3) is 0 Å². The van der Waals surface area contributed by atoms with Crippen LogP contribution in [0.15, 0.2) is 65.7 Å². The maximum atomic E-state index is 12.7. The first-order valence-corrected chi connectivity index (χ1v) is 9.40. The van der Waals surface area contributed by atoms with Crippen molar-refractivity contribution in [2.75, 3.05) is 0 Å². The summed E-state index contributed by atoms with van der Waals surface area (Å²) in [7, 11) is 0. The lowest BCUT2D eigenvalue weighted by molar-refractivity contribution is -0.147. The second-order valence-corrected chi connectivity index (χ2v) is 7.91. The molecule has 0 saturated heterocycles. The molecule has 154 valence electrons. The van der Waals surface area contributed by atoms with Crippen LogP contribution in [0.4, 0.5) is 13.2 Å². The molecular weight excluding hydrogens is 405 g/mol. The fourth-order valence-corrected chi connectivity index (χ4v) is 3.39. The number of carbonyl (C=O) groups excluding carboxylic acids is 1. The maximum absolute atomic E-state index is 12.7. The average molecular weight is 425 g/mol. The molecule has 2 atom stereocenters. The summed E-state index contributed by atoms with van der Waals surface area (Å²) >= 11 is 5.32. The number of benzene rings is 2. The number of allylic oxidation sites excluding steroid dienone is 2. The number of alkyl halides is 3. The van der Waals surface area contributed by atoms with Crippen molar-refractivity contribution in [1.29, 1.82) is 0 Å². The molecule has 1 aliphatic rings. The molecule has 0 amide bonds. The van der Waals surface area contributed by atoms with Gasteiger partial charge in [0.2, 0.25) is 0 Å². The van der Waals surface area contributed by atoms with Gasteiger partial charge >= 0.3 is 12.1 Å². The van der Waals surface area contributed by atoms with Gasteiger partial charge in [0.1, 0.15) is 23.1 Å². The van der Waals surface area contributed by atoms with Crippen molar-refractivity contribution >= 4 is 17.6 Å². The Balaban J connectivity index is 1.60. The molecule has 29 heavy (non-hydrogen) atoms. The summed E-state index contributed by atoms with van der Waals surface area (Å²) in [4.78, 5) is 12.4. The lowest BCUT2D eigenvalue weighted by Crippen LogP contribution is -2.11. The van der Waals surface area contributed by atoms with Crippen LogP contribution in [0.5, 0.6) is 11.5 Å². The Morgan fingerprint density at radius 1 is 1.10 bits per heavy atom. The molecule has 1 saturated carbocycles. The van der Waals surface area contributed by atoms with E-state index in [2.05, 4.69) is 0 Å². The van der Waals surface area contributed by atoms with Crippen molar-refractivity contribution in [3.8, 4) is 11.5 Å². The topological polar surface area (TPSA) is 35.5 Å². The highest BCUT2D eigenvalue weighted by Gasteiger charge is 2.62. The van der Waals surface area contributed by atoms with E-state index in [9.17, 15) is 18.0 Å². The number of esters is 1. The summed E-state index contributed by atoms with van der Waals surface area (Å²) in [5.74, 6) is -0.552. The summed E-state index contributed by atoms with van der Waals surface area (Å²) in [6, 6.07) is 16.3. The summed E-state index contributed by atoms with van der Waals surface area (Å²) in [6.07, 6.45) is -3.71. The Morgan fingerprint density at radius 3 is 2.41 bits per heavy atom.